The van der Waals surface area contributed by atoms with Crippen LogP contribution in [-0.2, 0) is 6.54 Å². The maximum absolute atomic E-state index is 5.80. The van der Waals surface area contributed by atoms with Gasteiger partial charge in [-0.1, -0.05) is 6.07 Å². The molecule has 1 aromatic heterocycles. The fourth-order valence-corrected chi connectivity index (χ4v) is 1.45. The second-order valence-electron chi connectivity index (χ2n) is 3.66. The molecule has 2 rings (SSSR count). The molecule has 0 saturated heterocycles. The van der Waals surface area contributed by atoms with Crippen molar-refractivity contribution in [2.24, 2.45) is 0 Å². The second kappa shape index (κ2) is 4.70. The van der Waals surface area contributed by atoms with E-state index < -0.39 is 0 Å². The SMILES string of the molecule is Cc1ccc(N)c(OCCn2cccn2)c1. The van der Waals surface area contributed by atoms with E-state index in [1.54, 1.807) is 6.20 Å². The molecule has 2 N–H and O–H groups in total. The maximum Gasteiger partial charge on any atom is 0.142 e. The van der Waals surface area contributed by atoms with Crippen LogP contribution in [0, 0.1) is 6.92 Å². The normalized spacial score (nSPS) is 10.3. The summed E-state index contributed by atoms with van der Waals surface area (Å²) in [6.07, 6.45) is 3.66. The Morgan fingerprint density at radius 1 is 1.44 bits per heavy atom. The lowest BCUT2D eigenvalue weighted by Crippen LogP contribution is -2.09. The third-order valence-electron chi connectivity index (χ3n) is 2.31. The van der Waals surface area contributed by atoms with Crippen molar-refractivity contribution in [3.8, 4) is 5.75 Å². The molecule has 0 aliphatic rings. The summed E-state index contributed by atoms with van der Waals surface area (Å²) in [4.78, 5) is 0. The molecule has 0 radical (unpaired) electrons. The molecule has 4 nitrogen and oxygen atoms in total. The van der Waals surface area contributed by atoms with Crippen molar-refractivity contribution in [3.05, 3.63) is 42.2 Å². The molecule has 4 heteroatoms. The summed E-state index contributed by atoms with van der Waals surface area (Å²) in [6.45, 7) is 3.30. The van der Waals surface area contributed by atoms with Gasteiger partial charge in [0.2, 0.25) is 0 Å². The van der Waals surface area contributed by atoms with Crippen LogP contribution in [-0.4, -0.2) is 16.4 Å². The molecule has 2 aromatic rings. The molecule has 0 aliphatic heterocycles. The number of hydrogen-bond donors (Lipinski definition) is 1. The molecule has 0 bridgehead atoms. The average Bonchev–Trinajstić information content (AvgIpc) is 2.76. The molecular weight excluding hydrogens is 202 g/mol. The van der Waals surface area contributed by atoms with Crippen molar-refractivity contribution in [3.63, 3.8) is 0 Å². The molecule has 0 saturated carbocycles. The molecule has 0 amide bonds. The Morgan fingerprint density at radius 3 is 3.06 bits per heavy atom. The Morgan fingerprint density at radius 2 is 2.31 bits per heavy atom. The molecule has 1 aromatic carbocycles. The quantitative estimate of drug-likeness (QED) is 0.795. The first kappa shape index (κ1) is 10.5. The highest BCUT2D eigenvalue weighted by Crippen LogP contribution is 2.22. The highest BCUT2D eigenvalue weighted by Gasteiger charge is 2.00. The van der Waals surface area contributed by atoms with Gasteiger partial charge in [0.05, 0.1) is 12.2 Å². The zero-order valence-electron chi connectivity index (χ0n) is 9.26. The van der Waals surface area contributed by atoms with Crippen LogP contribution in [0.2, 0.25) is 0 Å². The van der Waals surface area contributed by atoms with Crippen LogP contribution in [0.3, 0.4) is 0 Å². The van der Waals surface area contributed by atoms with Crippen LogP contribution >= 0.6 is 0 Å². The van der Waals surface area contributed by atoms with E-state index >= 15 is 0 Å². The first-order chi connectivity index (χ1) is 7.75. The van der Waals surface area contributed by atoms with E-state index in [1.807, 2.05) is 42.1 Å². The van der Waals surface area contributed by atoms with Crippen molar-refractivity contribution in [1.82, 2.24) is 9.78 Å². The maximum atomic E-state index is 5.80. The third kappa shape index (κ3) is 2.53. The number of rotatable bonds is 4. The van der Waals surface area contributed by atoms with Gasteiger partial charge in [0.25, 0.3) is 0 Å². The van der Waals surface area contributed by atoms with Gasteiger partial charge in [-0.15, -0.1) is 0 Å². The molecule has 0 unspecified atom stereocenters. The van der Waals surface area contributed by atoms with Gasteiger partial charge in [-0.05, 0) is 30.7 Å². The summed E-state index contributed by atoms with van der Waals surface area (Å²) in [5.74, 6) is 0.743. The fraction of sp³-hybridized carbons (Fsp3) is 0.250. The number of aryl methyl sites for hydroxylation is 1. The van der Waals surface area contributed by atoms with Crippen molar-refractivity contribution in [2.75, 3.05) is 12.3 Å². The van der Waals surface area contributed by atoms with Gasteiger partial charge in [0.1, 0.15) is 12.4 Å². The lowest BCUT2D eigenvalue weighted by Gasteiger charge is -2.09. The number of nitrogens with two attached hydrogens (primary N) is 1. The topological polar surface area (TPSA) is 53.1 Å². The Kier molecular flexibility index (Phi) is 3.10. The number of benzene rings is 1. The number of anilines is 1. The first-order valence-corrected chi connectivity index (χ1v) is 5.22. The molecule has 16 heavy (non-hydrogen) atoms. The number of aromatic nitrogens is 2. The van der Waals surface area contributed by atoms with Crippen LogP contribution in [0.15, 0.2) is 36.7 Å². The zero-order valence-corrected chi connectivity index (χ0v) is 9.26. The van der Waals surface area contributed by atoms with Crippen LogP contribution in [0.5, 0.6) is 5.75 Å². The van der Waals surface area contributed by atoms with Gasteiger partial charge in [-0.25, -0.2) is 0 Å². The largest absolute Gasteiger partial charge is 0.489 e. The Hall–Kier alpha value is -1.97. The minimum Gasteiger partial charge on any atom is -0.489 e. The van der Waals surface area contributed by atoms with Crippen LogP contribution in [0.25, 0.3) is 0 Å². The standard InChI is InChI=1S/C12H15N3O/c1-10-3-4-11(13)12(9-10)16-8-7-15-6-2-5-14-15/h2-6,9H,7-8,13H2,1H3. The van der Waals surface area contributed by atoms with Crippen LogP contribution in [0.1, 0.15) is 5.56 Å². The summed E-state index contributed by atoms with van der Waals surface area (Å²) < 4.78 is 7.43. The van der Waals surface area contributed by atoms with Crippen LogP contribution < -0.4 is 10.5 Å². The van der Waals surface area contributed by atoms with E-state index in [0.29, 0.717) is 12.3 Å². The Balaban J connectivity index is 1.92. The van der Waals surface area contributed by atoms with Gasteiger partial charge in [-0.2, -0.15) is 5.10 Å². The summed E-state index contributed by atoms with van der Waals surface area (Å²) >= 11 is 0. The summed E-state index contributed by atoms with van der Waals surface area (Å²) in [6, 6.07) is 7.66. The third-order valence-corrected chi connectivity index (χ3v) is 2.31. The molecule has 0 atom stereocenters. The highest BCUT2D eigenvalue weighted by atomic mass is 16.5. The van der Waals surface area contributed by atoms with Gasteiger partial charge in [0.15, 0.2) is 0 Å². The second-order valence-corrected chi connectivity index (χ2v) is 3.66. The van der Waals surface area contributed by atoms with E-state index in [4.69, 9.17) is 10.5 Å². The van der Waals surface area contributed by atoms with Gasteiger partial charge >= 0.3 is 0 Å². The van der Waals surface area contributed by atoms with Crippen LogP contribution in [0.4, 0.5) is 5.69 Å². The molecule has 0 aliphatic carbocycles. The fourth-order valence-electron chi connectivity index (χ4n) is 1.45. The number of hydrogen-bond acceptors (Lipinski definition) is 3. The molecular formula is C12H15N3O. The lowest BCUT2D eigenvalue weighted by atomic mass is 10.2. The Labute approximate surface area is 94.6 Å². The predicted molar refractivity (Wildman–Crippen MR) is 63.3 cm³/mol. The summed E-state index contributed by atoms with van der Waals surface area (Å²) in [5, 5.41) is 4.09. The van der Waals surface area contributed by atoms with Crippen molar-refractivity contribution < 1.29 is 4.74 Å². The molecule has 84 valence electrons. The number of nitrogens with zero attached hydrogens (tertiary/aromatic N) is 2. The average molecular weight is 217 g/mol. The summed E-state index contributed by atoms with van der Waals surface area (Å²) in [5.41, 5.74) is 7.62. The van der Waals surface area contributed by atoms with Crippen molar-refractivity contribution in [2.45, 2.75) is 13.5 Å². The minimum absolute atomic E-state index is 0.565. The predicted octanol–water partition coefficient (Wildman–Crippen LogP) is 1.85. The van der Waals surface area contributed by atoms with Gasteiger partial charge in [0, 0.05) is 12.4 Å². The van der Waals surface area contributed by atoms with Gasteiger partial charge < -0.3 is 10.5 Å². The van der Waals surface area contributed by atoms with E-state index in [-0.39, 0.29) is 0 Å². The van der Waals surface area contributed by atoms with Crippen molar-refractivity contribution >= 4 is 5.69 Å². The van der Waals surface area contributed by atoms with Gasteiger partial charge in [-0.3, -0.25) is 4.68 Å². The number of nitrogen functional groups attached to an aromatic ring is 1. The van der Waals surface area contributed by atoms with Crippen molar-refractivity contribution in [1.29, 1.82) is 0 Å². The molecule has 0 fully saturated rings. The van der Waals surface area contributed by atoms with E-state index in [9.17, 15) is 0 Å². The zero-order chi connectivity index (χ0) is 11.4. The number of ether oxygens (including phenoxy) is 1. The Bertz CT molecular complexity index is 451. The monoisotopic (exact) mass is 217 g/mol. The molecule has 1 heterocycles. The first-order valence-electron chi connectivity index (χ1n) is 5.22. The summed E-state index contributed by atoms with van der Waals surface area (Å²) in [7, 11) is 0. The lowest BCUT2D eigenvalue weighted by molar-refractivity contribution is 0.292. The smallest absolute Gasteiger partial charge is 0.142 e. The van der Waals surface area contributed by atoms with E-state index in [0.717, 1.165) is 17.9 Å². The van der Waals surface area contributed by atoms with E-state index in [2.05, 4.69) is 5.10 Å². The molecule has 0 spiro atoms. The highest BCUT2D eigenvalue weighted by molar-refractivity contribution is 5.53. The minimum atomic E-state index is 0.565. The van der Waals surface area contributed by atoms with E-state index in [1.165, 1.54) is 0 Å².